The lowest BCUT2D eigenvalue weighted by molar-refractivity contribution is -0.144. The number of aliphatic hydroxyl groups excluding tert-OH is 1. The molecule has 0 aromatic heterocycles. The maximum Gasteiger partial charge on any atom is 0.233 e. The number of nitrogens with zero attached hydrogens (tertiary/aromatic N) is 1. The molecule has 0 spiro atoms. The maximum atomic E-state index is 12.3. The van der Waals surface area contributed by atoms with Crippen molar-refractivity contribution in [1.29, 1.82) is 0 Å². The fraction of sp³-hybridized carbons (Fsp3) is 0.846. The van der Waals surface area contributed by atoms with E-state index < -0.39 is 6.10 Å². The van der Waals surface area contributed by atoms with Gasteiger partial charge in [0.05, 0.1) is 24.0 Å². The number of aliphatic hydroxyl groups is 1. The summed E-state index contributed by atoms with van der Waals surface area (Å²) in [7, 11) is 0. The summed E-state index contributed by atoms with van der Waals surface area (Å²) in [5.74, 6) is -0.176. The molecule has 1 aliphatic heterocycles. The monoisotopic (exact) mass is 237 g/mol. The van der Waals surface area contributed by atoms with Gasteiger partial charge < -0.3 is 5.11 Å². The molecule has 94 valence electrons. The number of fused-ring (bicyclic) bond motifs is 1. The van der Waals surface area contributed by atoms with Gasteiger partial charge in [0.2, 0.25) is 11.8 Å². The van der Waals surface area contributed by atoms with Gasteiger partial charge in [-0.25, -0.2) is 0 Å². The summed E-state index contributed by atoms with van der Waals surface area (Å²) in [6.45, 7) is 0. The minimum Gasteiger partial charge on any atom is -0.391 e. The summed E-state index contributed by atoms with van der Waals surface area (Å²) in [5, 5.41) is 9.87. The largest absolute Gasteiger partial charge is 0.391 e. The van der Waals surface area contributed by atoms with Gasteiger partial charge in [-0.2, -0.15) is 0 Å². The zero-order valence-electron chi connectivity index (χ0n) is 9.97. The zero-order valence-corrected chi connectivity index (χ0v) is 9.97. The third kappa shape index (κ3) is 1.61. The van der Waals surface area contributed by atoms with E-state index in [1.54, 1.807) is 0 Å². The van der Waals surface area contributed by atoms with Crippen molar-refractivity contribution in [2.24, 2.45) is 11.8 Å². The van der Waals surface area contributed by atoms with Gasteiger partial charge in [0, 0.05) is 0 Å². The lowest BCUT2D eigenvalue weighted by atomic mass is 9.81. The topological polar surface area (TPSA) is 57.6 Å². The van der Waals surface area contributed by atoms with Crippen LogP contribution in [0.25, 0.3) is 0 Å². The molecule has 17 heavy (non-hydrogen) atoms. The number of imide groups is 1. The van der Waals surface area contributed by atoms with E-state index in [0.29, 0.717) is 0 Å². The standard InChI is InChI=1S/C13H19NO3/c15-11-7-3-6-10(11)14-12(16)8-4-1-2-5-9(8)13(14)17/h8-11,15H,1-7H2. The van der Waals surface area contributed by atoms with Crippen LogP contribution in [0.3, 0.4) is 0 Å². The highest BCUT2D eigenvalue weighted by Crippen LogP contribution is 2.41. The van der Waals surface area contributed by atoms with E-state index in [2.05, 4.69) is 0 Å². The molecule has 4 unspecified atom stereocenters. The van der Waals surface area contributed by atoms with Crippen LogP contribution in [0.2, 0.25) is 0 Å². The van der Waals surface area contributed by atoms with Crippen LogP contribution in [0.1, 0.15) is 44.9 Å². The smallest absolute Gasteiger partial charge is 0.233 e. The van der Waals surface area contributed by atoms with E-state index >= 15 is 0 Å². The number of likely N-dealkylation sites (tertiary alicyclic amines) is 1. The molecule has 2 amide bonds. The Labute approximate surface area is 101 Å². The highest BCUT2D eigenvalue weighted by molar-refractivity contribution is 6.05. The Bertz CT molecular complexity index is 331. The summed E-state index contributed by atoms with van der Waals surface area (Å²) in [6, 6.07) is -0.236. The van der Waals surface area contributed by atoms with Crippen molar-refractivity contribution >= 4 is 11.8 Å². The van der Waals surface area contributed by atoms with Crippen LogP contribution in [0, 0.1) is 11.8 Å². The van der Waals surface area contributed by atoms with Gasteiger partial charge in [0.15, 0.2) is 0 Å². The first kappa shape index (κ1) is 11.2. The van der Waals surface area contributed by atoms with Crippen molar-refractivity contribution in [3.63, 3.8) is 0 Å². The molecule has 1 heterocycles. The molecule has 0 aromatic carbocycles. The number of carbonyl (C=O) groups excluding carboxylic acids is 2. The van der Waals surface area contributed by atoms with Gasteiger partial charge in [-0.3, -0.25) is 14.5 Å². The van der Waals surface area contributed by atoms with Gasteiger partial charge >= 0.3 is 0 Å². The van der Waals surface area contributed by atoms with E-state index in [4.69, 9.17) is 0 Å². The van der Waals surface area contributed by atoms with Gasteiger partial charge in [-0.15, -0.1) is 0 Å². The molecule has 2 aliphatic carbocycles. The van der Waals surface area contributed by atoms with E-state index in [1.165, 1.54) is 4.90 Å². The molecule has 3 rings (SSSR count). The highest BCUT2D eigenvalue weighted by atomic mass is 16.3. The molecule has 0 bridgehead atoms. The Hall–Kier alpha value is -0.900. The van der Waals surface area contributed by atoms with Crippen LogP contribution in [0.15, 0.2) is 0 Å². The van der Waals surface area contributed by atoms with Crippen molar-refractivity contribution < 1.29 is 14.7 Å². The van der Waals surface area contributed by atoms with Crippen LogP contribution >= 0.6 is 0 Å². The predicted molar refractivity (Wildman–Crippen MR) is 60.9 cm³/mol. The van der Waals surface area contributed by atoms with Gasteiger partial charge in [0.1, 0.15) is 0 Å². The minimum absolute atomic E-state index is 0.00866. The van der Waals surface area contributed by atoms with Gasteiger partial charge in [-0.1, -0.05) is 12.8 Å². The fourth-order valence-corrected chi connectivity index (χ4v) is 3.74. The van der Waals surface area contributed by atoms with Crippen LogP contribution < -0.4 is 0 Å². The molecule has 4 heteroatoms. The Balaban J connectivity index is 1.85. The minimum atomic E-state index is -0.497. The third-order valence-corrected chi connectivity index (χ3v) is 4.65. The Morgan fingerprint density at radius 1 is 0.882 bits per heavy atom. The third-order valence-electron chi connectivity index (χ3n) is 4.65. The molecule has 3 aliphatic rings. The lowest BCUT2D eigenvalue weighted by Crippen LogP contribution is -2.44. The number of carbonyl (C=O) groups is 2. The maximum absolute atomic E-state index is 12.3. The van der Waals surface area contributed by atoms with Gasteiger partial charge in [0.25, 0.3) is 0 Å². The molecule has 2 saturated carbocycles. The Morgan fingerprint density at radius 2 is 1.47 bits per heavy atom. The van der Waals surface area contributed by atoms with E-state index in [-0.39, 0.29) is 29.7 Å². The van der Waals surface area contributed by atoms with E-state index in [1.807, 2.05) is 0 Å². The summed E-state index contributed by atoms with van der Waals surface area (Å²) in [4.78, 5) is 26.0. The van der Waals surface area contributed by atoms with Crippen molar-refractivity contribution in [2.45, 2.75) is 57.1 Å². The zero-order chi connectivity index (χ0) is 12.0. The summed E-state index contributed by atoms with van der Waals surface area (Å²) < 4.78 is 0. The highest BCUT2D eigenvalue weighted by Gasteiger charge is 2.52. The Kier molecular flexibility index (Phi) is 2.69. The normalized spacial score (nSPS) is 42.1. The average Bonchev–Trinajstić information content (AvgIpc) is 2.84. The van der Waals surface area contributed by atoms with Crippen LogP contribution in [-0.2, 0) is 9.59 Å². The summed E-state index contributed by atoms with van der Waals surface area (Å²) in [6.07, 6.45) is 5.74. The molecular formula is C13H19NO3. The van der Waals surface area contributed by atoms with Crippen LogP contribution in [0.4, 0.5) is 0 Å². The quantitative estimate of drug-likeness (QED) is 0.694. The SMILES string of the molecule is O=C1C2CCCCC2C(=O)N1C1CCCC1O. The Morgan fingerprint density at radius 3 is 1.94 bits per heavy atom. The van der Waals surface area contributed by atoms with Crippen molar-refractivity contribution in [3.8, 4) is 0 Å². The van der Waals surface area contributed by atoms with E-state index in [9.17, 15) is 14.7 Å². The second-order valence-electron chi connectivity index (χ2n) is 5.61. The van der Waals surface area contributed by atoms with Crippen molar-refractivity contribution in [1.82, 2.24) is 4.90 Å². The summed E-state index contributed by atoms with van der Waals surface area (Å²) >= 11 is 0. The molecular weight excluding hydrogens is 218 g/mol. The number of amides is 2. The molecule has 1 N–H and O–H groups in total. The van der Waals surface area contributed by atoms with E-state index in [0.717, 1.165) is 44.9 Å². The number of hydrogen-bond acceptors (Lipinski definition) is 3. The summed E-state index contributed by atoms with van der Waals surface area (Å²) in [5.41, 5.74) is 0. The van der Waals surface area contributed by atoms with Crippen LogP contribution in [0.5, 0.6) is 0 Å². The first-order chi connectivity index (χ1) is 8.20. The lowest BCUT2D eigenvalue weighted by Gasteiger charge is -2.25. The average molecular weight is 237 g/mol. The number of hydrogen-bond donors (Lipinski definition) is 1. The second kappa shape index (κ2) is 4.09. The van der Waals surface area contributed by atoms with Crippen LogP contribution in [-0.4, -0.2) is 34.0 Å². The molecule has 1 saturated heterocycles. The molecule has 4 atom stereocenters. The van der Waals surface area contributed by atoms with Crippen molar-refractivity contribution in [2.75, 3.05) is 0 Å². The van der Waals surface area contributed by atoms with Gasteiger partial charge in [-0.05, 0) is 32.1 Å². The molecule has 4 nitrogen and oxygen atoms in total. The fourth-order valence-electron chi connectivity index (χ4n) is 3.74. The predicted octanol–water partition coefficient (Wildman–Crippen LogP) is 1.08. The molecule has 3 fully saturated rings. The molecule has 0 radical (unpaired) electrons. The first-order valence-corrected chi connectivity index (χ1v) is 6.75. The molecule has 0 aromatic rings. The number of rotatable bonds is 1. The first-order valence-electron chi connectivity index (χ1n) is 6.75. The second-order valence-corrected chi connectivity index (χ2v) is 5.61. The van der Waals surface area contributed by atoms with Crippen molar-refractivity contribution in [3.05, 3.63) is 0 Å².